The first kappa shape index (κ1) is 11.5. The average molecular weight is 223 g/mol. The fraction of sp³-hybridized carbons (Fsp3) is 0.818. The number of piperidine rings is 1. The van der Waals surface area contributed by atoms with Crippen LogP contribution < -0.4 is 5.73 Å². The lowest BCUT2D eigenvalue weighted by Crippen LogP contribution is -2.52. The van der Waals surface area contributed by atoms with Crippen molar-refractivity contribution in [3.8, 4) is 0 Å². The maximum Gasteiger partial charge on any atom is 0.140 e. The van der Waals surface area contributed by atoms with Gasteiger partial charge in [-0.25, -0.2) is 4.98 Å². The van der Waals surface area contributed by atoms with Crippen LogP contribution in [0.4, 0.5) is 0 Å². The Morgan fingerprint density at radius 1 is 1.56 bits per heavy atom. The molecule has 5 nitrogen and oxygen atoms in total. The Hall–Kier alpha value is -0.940. The Labute approximate surface area is 96.6 Å². The van der Waals surface area contributed by atoms with Crippen LogP contribution in [-0.4, -0.2) is 38.8 Å². The number of nitrogens with two attached hydrogens (primary N) is 1. The Morgan fingerprint density at radius 2 is 2.31 bits per heavy atom. The lowest BCUT2D eigenvalue weighted by atomic mass is 9.80. The first-order chi connectivity index (χ1) is 7.49. The maximum absolute atomic E-state index is 6.12. The lowest BCUT2D eigenvalue weighted by molar-refractivity contribution is 0.0869. The molecule has 16 heavy (non-hydrogen) atoms. The second-order valence-corrected chi connectivity index (χ2v) is 5.39. The minimum Gasteiger partial charge on any atom is -0.327 e. The summed E-state index contributed by atoms with van der Waals surface area (Å²) in [5.74, 6) is 1.02. The third-order valence-corrected chi connectivity index (χ3v) is 3.56. The van der Waals surface area contributed by atoms with Gasteiger partial charge in [-0.1, -0.05) is 13.8 Å². The van der Waals surface area contributed by atoms with Crippen LogP contribution in [-0.2, 0) is 13.6 Å². The van der Waals surface area contributed by atoms with Crippen LogP contribution in [0.15, 0.2) is 6.33 Å². The zero-order valence-electron chi connectivity index (χ0n) is 10.3. The molecule has 1 aliphatic heterocycles. The number of hydrogen-bond acceptors (Lipinski definition) is 4. The normalized spacial score (nSPS) is 25.9. The molecule has 1 aromatic heterocycles. The third-order valence-electron chi connectivity index (χ3n) is 3.56. The summed E-state index contributed by atoms with van der Waals surface area (Å²) in [5.41, 5.74) is 6.31. The van der Waals surface area contributed by atoms with Crippen molar-refractivity contribution in [3.63, 3.8) is 0 Å². The molecule has 2 heterocycles. The van der Waals surface area contributed by atoms with Crippen molar-refractivity contribution in [1.29, 1.82) is 0 Å². The van der Waals surface area contributed by atoms with Gasteiger partial charge >= 0.3 is 0 Å². The van der Waals surface area contributed by atoms with Crippen LogP contribution >= 0.6 is 0 Å². The quantitative estimate of drug-likeness (QED) is 0.787. The molecule has 90 valence electrons. The average Bonchev–Trinajstić information content (AvgIpc) is 2.58. The SMILES string of the molecule is Cn1ncnc1CN1CCC(N)C(C)(C)C1. The molecule has 1 aromatic rings. The van der Waals surface area contributed by atoms with E-state index in [4.69, 9.17) is 5.73 Å². The Balaban J connectivity index is 2.00. The molecular formula is C11H21N5. The standard InChI is InChI=1S/C11H21N5/c1-11(2)7-16(5-4-9(11)12)6-10-13-8-14-15(10)3/h8-9H,4-7,12H2,1-3H3. The third kappa shape index (κ3) is 2.25. The molecule has 1 aliphatic rings. The van der Waals surface area contributed by atoms with Crippen molar-refractivity contribution in [2.75, 3.05) is 13.1 Å². The van der Waals surface area contributed by atoms with E-state index in [0.29, 0.717) is 6.04 Å². The van der Waals surface area contributed by atoms with Gasteiger partial charge in [0.25, 0.3) is 0 Å². The highest BCUT2D eigenvalue weighted by molar-refractivity contribution is 4.92. The van der Waals surface area contributed by atoms with Crippen LogP contribution in [0.2, 0.25) is 0 Å². The molecular weight excluding hydrogens is 202 g/mol. The fourth-order valence-corrected chi connectivity index (χ4v) is 2.28. The van der Waals surface area contributed by atoms with E-state index in [9.17, 15) is 0 Å². The predicted molar refractivity (Wildman–Crippen MR) is 62.7 cm³/mol. The van der Waals surface area contributed by atoms with E-state index in [-0.39, 0.29) is 5.41 Å². The molecule has 1 fully saturated rings. The highest BCUT2D eigenvalue weighted by Gasteiger charge is 2.33. The minimum atomic E-state index is 0.191. The summed E-state index contributed by atoms with van der Waals surface area (Å²) in [7, 11) is 1.93. The molecule has 0 saturated carbocycles. The molecule has 2 N–H and O–H groups in total. The second kappa shape index (κ2) is 4.14. The summed E-state index contributed by atoms with van der Waals surface area (Å²) in [4.78, 5) is 6.67. The van der Waals surface area contributed by atoms with Gasteiger partial charge in [-0.3, -0.25) is 9.58 Å². The van der Waals surface area contributed by atoms with Crippen LogP contribution in [0, 0.1) is 5.41 Å². The van der Waals surface area contributed by atoms with E-state index in [2.05, 4.69) is 28.8 Å². The zero-order chi connectivity index (χ0) is 11.8. The monoisotopic (exact) mass is 223 g/mol. The van der Waals surface area contributed by atoms with Gasteiger partial charge in [-0.05, 0) is 11.8 Å². The van der Waals surface area contributed by atoms with Crippen molar-refractivity contribution in [2.24, 2.45) is 18.2 Å². The van der Waals surface area contributed by atoms with Gasteiger partial charge in [0, 0.05) is 26.2 Å². The minimum absolute atomic E-state index is 0.191. The summed E-state index contributed by atoms with van der Waals surface area (Å²) in [6, 6.07) is 0.309. The zero-order valence-corrected chi connectivity index (χ0v) is 10.3. The largest absolute Gasteiger partial charge is 0.327 e. The molecule has 2 rings (SSSR count). The highest BCUT2D eigenvalue weighted by Crippen LogP contribution is 2.28. The Kier molecular flexibility index (Phi) is 2.99. The molecule has 1 unspecified atom stereocenters. The van der Waals surface area contributed by atoms with Gasteiger partial charge in [0.1, 0.15) is 12.2 Å². The van der Waals surface area contributed by atoms with Crippen molar-refractivity contribution < 1.29 is 0 Å². The summed E-state index contributed by atoms with van der Waals surface area (Å²) < 4.78 is 1.83. The van der Waals surface area contributed by atoms with Gasteiger partial charge < -0.3 is 5.73 Å². The van der Waals surface area contributed by atoms with Crippen molar-refractivity contribution in [2.45, 2.75) is 32.9 Å². The lowest BCUT2D eigenvalue weighted by Gasteiger charge is -2.42. The highest BCUT2D eigenvalue weighted by atomic mass is 15.3. The number of nitrogens with zero attached hydrogens (tertiary/aromatic N) is 4. The second-order valence-electron chi connectivity index (χ2n) is 5.39. The number of likely N-dealkylation sites (tertiary alicyclic amines) is 1. The molecule has 5 heteroatoms. The van der Waals surface area contributed by atoms with Crippen LogP contribution in [0.5, 0.6) is 0 Å². The van der Waals surface area contributed by atoms with E-state index in [1.54, 1.807) is 6.33 Å². The fourth-order valence-electron chi connectivity index (χ4n) is 2.28. The van der Waals surface area contributed by atoms with Crippen LogP contribution in [0.25, 0.3) is 0 Å². The summed E-state index contributed by atoms with van der Waals surface area (Å²) in [6.45, 7) is 7.42. The van der Waals surface area contributed by atoms with Gasteiger partial charge in [0.05, 0.1) is 6.54 Å². The topological polar surface area (TPSA) is 60.0 Å². The molecule has 0 spiro atoms. The van der Waals surface area contributed by atoms with Gasteiger partial charge in [0.2, 0.25) is 0 Å². The van der Waals surface area contributed by atoms with E-state index >= 15 is 0 Å². The molecule has 0 radical (unpaired) electrons. The number of aryl methyl sites for hydroxylation is 1. The number of aromatic nitrogens is 3. The molecule has 0 bridgehead atoms. The maximum atomic E-state index is 6.12. The smallest absolute Gasteiger partial charge is 0.140 e. The first-order valence-corrected chi connectivity index (χ1v) is 5.80. The van der Waals surface area contributed by atoms with Crippen molar-refractivity contribution >= 4 is 0 Å². The van der Waals surface area contributed by atoms with Gasteiger partial charge in [-0.2, -0.15) is 5.10 Å². The van der Waals surface area contributed by atoms with Gasteiger partial charge in [0.15, 0.2) is 0 Å². The number of rotatable bonds is 2. The predicted octanol–water partition coefficient (Wildman–Crippen LogP) is 0.374. The van der Waals surface area contributed by atoms with Crippen molar-refractivity contribution in [3.05, 3.63) is 12.2 Å². The molecule has 0 aromatic carbocycles. The van der Waals surface area contributed by atoms with E-state index in [1.807, 2.05) is 11.7 Å². The number of hydrogen-bond donors (Lipinski definition) is 1. The molecule has 0 aliphatic carbocycles. The summed E-state index contributed by atoms with van der Waals surface area (Å²) in [5, 5.41) is 4.09. The first-order valence-electron chi connectivity index (χ1n) is 5.80. The van der Waals surface area contributed by atoms with Crippen molar-refractivity contribution in [1.82, 2.24) is 19.7 Å². The van der Waals surface area contributed by atoms with Crippen LogP contribution in [0.1, 0.15) is 26.1 Å². The summed E-state index contributed by atoms with van der Waals surface area (Å²) >= 11 is 0. The van der Waals surface area contributed by atoms with E-state index in [1.165, 1.54) is 0 Å². The van der Waals surface area contributed by atoms with Gasteiger partial charge in [-0.15, -0.1) is 0 Å². The molecule has 1 atom stereocenters. The van der Waals surface area contributed by atoms with E-state index < -0.39 is 0 Å². The van der Waals surface area contributed by atoms with E-state index in [0.717, 1.165) is 31.9 Å². The molecule has 0 amide bonds. The molecule has 1 saturated heterocycles. The Bertz CT molecular complexity index is 357. The summed E-state index contributed by atoms with van der Waals surface area (Å²) in [6.07, 6.45) is 2.67. The Morgan fingerprint density at radius 3 is 2.88 bits per heavy atom. The van der Waals surface area contributed by atoms with Crippen LogP contribution in [0.3, 0.4) is 0 Å².